The molecule has 1 aromatic carbocycles. The molecule has 2 heterocycles. The summed E-state index contributed by atoms with van der Waals surface area (Å²) in [5.41, 5.74) is 0.920. The zero-order valence-corrected chi connectivity index (χ0v) is 11.4. The summed E-state index contributed by atoms with van der Waals surface area (Å²) in [6, 6.07) is 9.28. The minimum atomic E-state index is -0.0830. The number of ether oxygens (including phenoxy) is 1. The molecule has 0 N–H and O–H groups in total. The van der Waals surface area contributed by atoms with Crippen LogP contribution in [0.1, 0.15) is 0 Å². The molecule has 0 spiro atoms. The monoisotopic (exact) mass is 306 g/mol. The summed E-state index contributed by atoms with van der Waals surface area (Å²) in [6.45, 7) is 0. The standard InChI is InChI=1S/C13H10N2O2Se/c1-17-11-4-2-3-10-12(11)18-15(13(10)16)9-5-7-14-8-6-9/h2-8H,1H3. The van der Waals surface area contributed by atoms with Crippen molar-refractivity contribution in [3.8, 4) is 11.4 Å². The van der Waals surface area contributed by atoms with E-state index in [0.29, 0.717) is 0 Å². The van der Waals surface area contributed by atoms with Gasteiger partial charge in [-0.25, -0.2) is 0 Å². The van der Waals surface area contributed by atoms with E-state index in [-0.39, 0.29) is 20.3 Å². The molecule has 0 unspecified atom stereocenters. The molecule has 0 radical (unpaired) electrons. The van der Waals surface area contributed by atoms with Gasteiger partial charge in [0.2, 0.25) is 0 Å². The Bertz CT molecular complexity index is 747. The van der Waals surface area contributed by atoms with Crippen molar-refractivity contribution < 1.29 is 4.74 Å². The summed E-state index contributed by atoms with van der Waals surface area (Å²) in [6.07, 6.45) is 3.39. The zero-order chi connectivity index (χ0) is 12.5. The molecule has 2 aromatic heterocycles. The van der Waals surface area contributed by atoms with Crippen LogP contribution < -0.4 is 10.3 Å². The molecular formula is C13H10N2O2Se. The van der Waals surface area contributed by atoms with Crippen LogP contribution in [-0.4, -0.2) is 30.4 Å². The fourth-order valence-electron chi connectivity index (χ4n) is 1.83. The van der Waals surface area contributed by atoms with Crippen LogP contribution in [0.15, 0.2) is 47.5 Å². The van der Waals surface area contributed by atoms with Gasteiger partial charge in [-0.3, -0.25) is 0 Å². The summed E-state index contributed by atoms with van der Waals surface area (Å²) >= 11 is -0.0830. The molecule has 0 aliphatic heterocycles. The molecule has 3 rings (SSSR count). The number of hydrogen-bond acceptors (Lipinski definition) is 3. The van der Waals surface area contributed by atoms with Gasteiger partial charge >= 0.3 is 109 Å². The molecule has 90 valence electrons. The first kappa shape index (κ1) is 11.3. The zero-order valence-electron chi connectivity index (χ0n) is 9.66. The van der Waals surface area contributed by atoms with Gasteiger partial charge in [-0.1, -0.05) is 0 Å². The fourth-order valence-corrected chi connectivity index (χ4v) is 4.11. The van der Waals surface area contributed by atoms with Crippen LogP contribution in [0.3, 0.4) is 0 Å². The van der Waals surface area contributed by atoms with Crippen molar-refractivity contribution in [1.29, 1.82) is 0 Å². The quantitative estimate of drug-likeness (QED) is 0.673. The van der Waals surface area contributed by atoms with E-state index in [9.17, 15) is 4.79 Å². The predicted molar refractivity (Wildman–Crippen MR) is 70.8 cm³/mol. The Labute approximate surface area is 109 Å². The molecule has 18 heavy (non-hydrogen) atoms. The van der Waals surface area contributed by atoms with Crippen LogP contribution in [0.25, 0.3) is 15.3 Å². The molecule has 0 aliphatic rings. The van der Waals surface area contributed by atoms with Gasteiger partial charge in [-0.15, -0.1) is 0 Å². The van der Waals surface area contributed by atoms with Gasteiger partial charge in [0, 0.05) is 0 Å². The van der Waals surface area contributed by atoms with Crippen LogP contribution in [-0.2, 0) is 0 Å². The number of aromatic nitrogens is 2. The van der Waals surface area contributed by atoms with E-state index in [1.807, 2.05) is 30.3 Å². The molecule has 0 saturated heterocycles. The van der Waals surface area contributed by atoms with Crippen molar-refractivity contribution in [2.75, 3.05) is 7.11 Å². The number of rotatable bonds is 2. The number of nitrogens with zero attached hydrogens (tertiary/aromatic N) is 2. The van der Waals surface area contributed by atoms with E-state index in [0.717, 1.165) is 21.1 Å². The molecule has 4 nitrogen and oxygen atoms in total. The van der Waals surface area contributed by atoms with E-state index < -0.39 is 0 Å². The molecule has 0 atom stereocenters. The Hall–Kier alpha value is -1.84. The number of fused-ring (bicyclic) bond motifs is 1. The Balaban J connectivity index is 2.33. The van der Waals surface area contributed by atoms with Crippen LogP contribution in [0.2, 0.25) is 0 Å². The van der Waals surface area contributed by atoms with Crippen LogP contribution in [0, 0.1) is 0 Å². The van der Waals surface area contributed by atoms with Crippen molar-refractivity contribution in [2.24, 2.45) is 0 Å². The second-order valence-corrected chi connectivity index (χ2v) is 5.74. The molecule has 5 heteroatoms. The summed E-state index contributed by atoms with van der Waals surface area (Å²) < 4.78 is 8.12. The van der Waals surface area contributed by atoms with Crippen molar-refractivity contribution >= 4 is 24.4 Å². The number of pyridine rings is 1. The number of hydrogen-bond donors (Lipinski definition) is 0. The van der Waals surface area contributed by atoms with Gasteiger partial charge in [0.15, 0.2) is 0 Å². The first-order chi connectivity index (χ1) is 8.81. The van der Waals surface area contributed by atoms with Crippen LogP contribution >= 0.6 is 0 Å². The molecule has 0 aliphatic carbocycles. The molecule has 0 bridgehead atoms. The van der Waals surface area contributed by atoms with Gasteiger partial charge in [-0.05, 0) is 0 Å². The van der Waals surface area contributed by atoms with Crippen LogP contribution in [0.5, 0.6) is 5.75 Å². The Morgan fingerprint density at radius 3 is 2.72 bits per heavy atom. The molecule has 0 saturated carbocycles. The average molecular weight is 305 g/mol. The third kappa shape index (κ3) is 1.68. The second-order valence-electron chi connectivity index (χ2n) is 3.73. The Morgan fingerprint density at radius 2 is 2.00 bits per heavy atom. The summed E-state index contributed by atoms with van der Waals surface area (Å²) in [4.78, 5) is 16.3. The maximum atomic E-state index is 12.3. The minimum absolute atomic E-state index is 0.0371. The summed E-state index contributed by atoms with van der Waals surface area (Å²) in [7, 11) is 1.63. The first-order valence-electron chi connectivity index (χ1n) is 5.40. The SMILES string of the molecule is COc1cccc2c(=O)n(-c3ccncc3)[se]c12. The topological polar surface area (TPSA) is 44.1 Å². The van der Waals surface area contributed by atoms with E-state index >= 15 is 0 Å². The van der Waals surface area contributed by atoms with Gasteiger partial charge in [-0.2, -0.15) is 0 Å². The van der Waals surface area contributed by atoms with E-state index in [1.165, 1.54) is 0 Å². The number of methoxy groups -OCH3 is 1. The third-order valence-electron chi connectivity index (χ3n) is 2.69. The van der Waals surface area contributed by atoms with Crippen molar-refractivity contribution in [2.45, 2.75) is 0 Å². The third-order valence-corrected chi connectivity index (χ3v) is 5.13. The predicted octanol–water partition coefficient (Wildman–Crippen LogP) is 1.45. The Morgan fingerprint density at radius 1 is 1.22 bits per heavy atom. The number of benzene rings is 1. The molecule has 0 amide bonds. The summed E-state index contributed by atoms with van der Waals surface area (Å²) in [5.74, 6) is 0.789. The van der Waals surface area contributed by atoms with Crippen molar-refractivity contribution in [3.05, 3.63) is 53.1 Å². The summed E-state index contributed by atoms with van der Waals surface area (Å²) in [5, 5.41) is 0.742. The second kappa shape index (κ2) is 4.44. The Kier molecular flexibility index (Phi) is 2.78. The van der Waals surface area contributed by atoms with E-state index in [1.54, 1.807) is 23.1 Å². The molecular weight excluding hydrogens is 295 g/mol. The maximum absolute atomic E-state index is 12.3. The molecule has 0 fully saturated rings. The van der Waals surface area contributed by atoms with Gasteiger partial charge in [0.05, 0.1) is 0 Å². The van der Waals surface area contributed by atoms with Gasteiger partial charge in [0.1, 0.15) is 0 Å². The van der Waals surface area contributed by atoms with Gasteiger partial charge in [0.25, 0.3) is 0 Å². The normalized spacial score (nSPS) is 10.7. The van der Waals surface area contributed by atoms with Crippen LogP contribution in [0.4, 0.5) is 0 Å². The van der Waals surface area contributed by atoms with E-state index in [4.69, 9.17) is 4.74 Å². The van der Waals surface area contributed by atoms with Crippen molar-refractivity contribution in [1.82, 2.24) is 8.55 Å². The van der Waals surface area contributed by atoms with Crippen molar-refractivity contribution in [3.63, 3.8) is 0 Å². The van der Waals surface area contributed by atoms with E-state index in [2.05, 4.69) is 4.98 Å². The van der Waals surface area contributed by atoms with Gasteiger partial charge < -0.3 is 0 Å². The molecule has 3 aromatic rings. The fraction of sp³-hybridized carbons (Fsp3) is 0.0769. The first-order valence-corrected chi connectivity index (χ1v) is 7.03. The average Bonchev–Trinajstić information content (AvgIpc) is 2.77.